The summed E-state index contributed by atoms with van der Waals surface area (Å²) in [5.41, 5.74) is 0.915. The Morgan fingerprint density at radius 1 is 1.03 bits per heavy atom. The molecular formula is C20H28N2O5S2. The number of rotatable bonds is 4. The molecule has 9 heteroatoms. The largest absolute Gasteiger partial charge is 0.354 e. The van der Waals surface area contributed by atoms with Crippen LogP contribution in [0.4, 0.5) is 5.69 Å². The van der Waals surface area contributed by atoms with Crippen LogP contribution in [0.5, 0.6) is 0 Å². The number of anilines is 1. The quantitative estimate of drug-likeness (QED) is 0.543. The zero-order valence-corrected chi connectivity index (χ0v) is 18.9. The van der Waals surface area contributed by atoms with Crippen LogP contribution in [-0.2, 0) is 23.7 Å². The first kappa shape index (κ1) is 21.3. The molecule has 3 aliphatic rings. The Labute approximate surface area is 181 Å². The fourth-order valence-electron chi connectivity index (χ4n) is 3.89. The lowest BCUT2D eigenvalue weighted by molar-refractivity contribution is -0.223. The average Bonchev–Trinajstić information content (AvgIpc) is 3.26. The molecule has 5 atom stereocenters. The molecule has 0 radical (unpaired) electrons. The predicted molar refractivity (Wildman–Crippen MR) is 115 cm³/mol. The molecule has 3 aliphatic heterocycles. The third-order valence-electron chi connectivity index (χ3n) is 5.13. The van der Waals surface area contributed by atoms with Crippen molar-refractivity contribution >= 4 is 34.8 Å². The number of hydrogen-bond donors (Lipinski definition) is 2. The molecule has 3 saturated heterocycles. The van der Waals surface area contributed by atoms with E-state index in [2.05, 4.69) is 22.8 Å². The molecule has 1 aromatic carbocycles. The van der Waals surface area contributed by atoms with Gasteiger partial charge in [-0.2, -0.15) is 0 Å². The number of nitrogens with one attached hydrogen (secondary N) is 2. The van der Waals surface area contributed by atoms with Gasteiger partial charge in [-0.15, -0.1) is 11.8 Å². The Bertz CT molecular complexity index is 758. The highest BCUT2D eigenvalue weighted by Crippen LogP contribution is 2.40. The second-order valence-electron chi connectivity index (χ2n) is 8.29. The summed E-state index contributed by atoms with van der Waals surface area (Å²) in [5, 5.41) is 7.10. The maximum Gasteiger partial charge on any atom is 0.189 e. The van der Waals surface area contributed by atoms with Crippen molar-refractivity contribution in [2.75, 3.05) is 18.2 Å². The van der Waals surface area contributed by atoms with Crippen molar-refractivity contribution in [1.82, 2.24) is 5.32 Å². The number of benzene rings is 1. The molecule has 0 spiro atoms. The van der Waals surface area contributed by atoms with Gasteiger partial charge in [0.15, 0.2) is 23.0 Å². The van der Waals surface area contributed by atoms with Crippen molar-refractivity contribution in [2.45, 2.75) is 74.8 Å². The standard InChI is InChI=1S/C20H28N2O5S2/c1-19(2)23-10-13(25-19)15-14(16-17(24-15)27-20(3,4)26-16)22-18(28)21-11-6-8-12(29-5)9-7-11/h6-9,13-17H,10H2,1-5H3,(H2,21,22,28)/t13?,14-,15-,16-,17-/m1/s1. The molecular weight excluding hydrogens is 412 g/mol. The molecule has 3 fully saturated rings. The van der Waals surface area contributed by atoms with E-state index in [0.717, 1.165) is 5.69 Å². The minimum Gasteiger partial charge on any atom is -0.354 e. The molecule has 0 saturated carbocycles. The van der Waals surface area contributed by atoms with Gasteiger partial charge in [0.2, 0.25) is 0 Å². The first-order valence-electron chi connectivity index (χ1n) is 9.70. The molecule has 0 amide bonds. The molecule has 1 aromatic rings. The first-order chi connectivity index (χ1) is 13.7. The highest BCUT2D eigenvalue weighted by atomic mass is 32.2. The van der Waals surface area contributed by atoms with Gasteiger partial charge in [0.1, 0.15) is 18.3 Å². The average molecular weight is 441 g/mol. The van der Waals surface area contributed by atoms with Crippen molar-refractivity contribution in [2.24, 2.45) is 0 Å². The molecule has 3 heterocycles. The normalized spacial score (nSPS) is 34.7. The van der Waals surface area contributed by atoms with Crippen molar-refractivity contribution in [3.05, 3.63) is 24.3 Å². The highest BCUT2D eigenvalue weighted by Gasteiger charge is 2.58. The minimum absolute atomic E-state index is 0.241. The zero-order valence-electron chi connectivity index (χ0n) is 17.3. The Balaban J connectivity index is 1.47. The lowest BCUT2D eigenvalue weighted by Crippen LogP contribution is -2.53. The summed E-state index contributed by atoms with van der Waals surface area (Å²) < 4.78 is 30.0. The van der Waals surface area contributed by atoms with E-state index >= 15 is 0 Å². The minimum atomic E-state index is -0.713. The second-order valence-corrected chi connectivity index (χ2v) is 9.58. The topological polar surface area (TPSA) is 70.2 Å². The fraction of sp³-hybridized carbons (Fsp3) is 0.650. The van der Waals surface area contributed by atoms with Crippen LogP contribution in [0.25, 0.3) is 0 Å². The van der Waals surface area contributed by atoms with E-state index in [9.17, 15) is 0 Å². The van der Waals surface area contributed by atoms with Crippen LogP contribution >= 0.6 is 24.0 Å². The lowest BCUT2D eigenvalue weighted by Gasteiger charge is -2.30. The third kappa shape index (κ3) is 4.71. The van der Waals surface area contributed by atoms with Crippen LogP contribution in [-0.4, -0.2) is 60.2 Å². The van der Waals surface area contributed by atoms with E-state index in [4.69, 9.17) is 35.9 Å². The zero-order chi connectivity index (χ0) is 20.8. The molecule has 0 aliphatic carbocycles. The van der Waals surface area contributed by atoms with E-state index in [1.807, 2.05) is 46.1 Å². The third-order valence-corrected chi connectivity index (χ3v) is 6.09. The van der Waals surface area contributed by atoms with Gasteiger partial charge in [0.05, 0.1) is 12.6 Å². The summed E-state index contributed by atoms with van der Waals surface area (Å²) in [5.74, 6) is -1.36. The number of ether oxygens (including phenoxy) is 5. The molecule has 2 N–H and O–H groups in total. The van der Waals surface area contributed by atoms with Gasteiger partial charge in [-0.3, -0.25) is 0 Å². The fourth-order valence-corrected chi connectivity index (χ4v) is 4.55. The van der Waals surface area contributed by atoms with E-state index in [-0.39, 0.29) is 24.4 Å². The van der Waals surface area contributed by atoms with E-state index < -0.39 is 17.9 Å². The highest BCUT2D eigenvalue weighted by molar-refractivity contribution is 7.98. The molecule has 0 bridgehead atoms. The number of thiocarbonyl (C=S) groups is 1. The summed E-state index contributed by atoms with van der Waals surface area (Å²) in [6.45, 7) is 7.98. The Hall–Kier alpha value is -0.940. The summed E-state index contributed by atoms with van der Waals surface area (Å²) in [4.78, 5) is 1.20. The smallest absolute Gasteiger partial charge is 0.189 e. The van der Waals surface area contributed by atoms with Crippen LogP contribution in [0.1, 0.15) is 27.7 Å². The van der Waals surface area contributed by atoms with Gasteiger partial charge >= 0.3 is 0 Å². The summed E-state index contributed by atoms with van der Waals surface area (Å²) >= 11 is 7.27. The van der Waals surface area contributed by atoms with Gasteiger partial charge in [0, 0.05) is 10.6 Å². The maximum atomic E-state index is 6.19. The van der Waals surface area contributed by atoms with Gasteiger partial charge in [-0.1, -0.05) is 0 Å². The summed E-state index contributed by atoms with van der Waals surface area (Å²) in [7, 11) is 0. The second kappa shape index (κ2) is 7.96. The van der Waals surface area contributed by atoms with Crippen LogP contribution in [0, 0.1) is 0 Å². The SMILES string of the molecule is CSc1ccc(NC(=S)N[C@H]2[C@H]3OC(C)(C)O[C@H]3O[C@@H]2C2COC(C)(C)O2)cc1. The van der Waals surface area contributed by atoms with Crippen molar-refractivity contribution in [3.63, 3.8) is 0 Å². The van der Waals surface area contributed by atoms with Gasteiger partial charge in [-0.25, -0.2) is 0 Å². The Morgan fingerprint density at radius 3 is 2.38 bits per heavy atom. The molecule has 160 valence electrons. The van der Waals surface area contributed by atoms with E-state index in [1.54, 1.807) is 11.8 Å². The van der Waals surface area contributed by atoms with Gasteiger partial charge in [-0.05, 0) is 70.4 Å². The molecule has 4 rings (SSSR count). The molecule has 1 unspecified atom stereocenters. The summed E-state index contributed by atoms with van der Waals surface area (Å²) in [6.07, 6.45) is 0.699. The van der Waals surface area contributed by atoms with Crippen LogP contribution in [0.3, 0.4) is 0 Å². The van der Waals surface area contributed by atoms with Crippen molar-refractivity contribution in [1.29, 1.82) is 0 Å². The summed E-state index contributed by atoms with van der Waals surface area (Å²) in [6, 6.07) is 7.86. The maximum absolute atomic E-state index is 6.19. The van der Waals surface area contributed by atoms with Crippen LogP contribution in [0.15, 0.2) is 29.2 Å². The molecule has 29 heavy (non-hydrogen) atoms. The van der Waals surface area contributed by atoms with Crippen molar-refractivity contribution in [3.8, 4) is 0 Å². The monoisotopic (exact) mass is 440 g/mol. The number of thioether (sulfide) groups is 1. The van der Waals surface area contributed by atoms with Crippen LogP contribution < -0.4 is 10.6 Å². The van der Waals surface area contributed by atoms with Crippen molar-refractivity contribution < 1.29 is 23.7 Å². The number of fused-ring (bicyclic) bond motifs is 1. The molecule has 7 nitrogen and oxygen atoms in total. The molecule has 0 aromatic heterocycles. The van der Waals surface area contributed by atoms with Crippen LogP contribution in [0.2, 0.25) is 0 Å². The predicted octanol–water partition coefficient (Wildman–Crippen LogP) is 3.09. The van der Waals surface area contributed by atoms with E-state index in [0.29, 0.717) is 11.7 Å². The Kier molecular flexibility index (Phi) is 5.84. The lowest BCUT2D eigenvalue weighted by atomic mass is 10.0. The first-order valence-corrected chi connectivity index (χ1v) is 11.3. The van der Waals surface area contributed by atoms with Gasteiger partial charge < -0.3 is 34.3 Å². The van der Waals surface area contributed by atoms with Gasteiger partial charge in [0.25, 0.3) is 0 Å². The van der Waals surface area contributed by atoms with E-state index in [1.165, 1.54) is 4.90 Å². The number of hydrogen-bond acceptors (Lipinski definition) is 7. The Morgan fingerprint density at radius 2 is 1.76 bits per heavy atom.